The van der Waals surface area contributed by atoms with E-state index in [1.165, 1.54) is 11.1 Å². The smallest absolute Gasteiger partial charge is 0.122 e. The number of rotatable bonds is 5. The fraction of sp³-hybridized carbons (Fsp3) is 0.400. The molecule has 0 heterocycles. The number of hydrogen-bond acceptors (Lipinski definition) is 1. The largest absolute Gasteiger partial charge is 0.507 e. The molecule has 0 atom stereocenters. The zero-order chi connectivity index (χ0) is 15.5. The van der Waals surface area contributed by atoms with Crippen molar-refractivity contribution in [3.05, 3.63) is 64.7 Å². The van der Waals surface area contributed by atoms with Crippen molar-refractivity contribution in [2.75, 3.05) is 0 Å². The molecule has 0 aliphatic carbocycles. The van der Waals surface area contributed by atoms with Crippen LogP contribution in [0.25, 0.3) is 0 Å². The zero-order valence-corrected chi connectivity index (χ0v) is 13.6. The molecule has 112 valence electrons. The number of phenolic OH excluding ortho intramolecular Hbond substituents is 1. The van der Waals surface area contributed by atoms with Crippen LogP contribution >= 0.6 is 0 Å². The van der Waals surface area contributed by atoms with Gasteiger partial charge < -0.3 is 5.11 Å². The highest BCUT2D eigenvalue weighted by atomic mass is 16.3. The van der Waals surface area contributed by atoms with Crippen LogP contribution in [0.15, 0.2) is 42.5 Å². The van der Waals surface area contributed by atoms with Crippen molar-refractivity contribution in [2.24, 2.45) is 0 Å². The second kappa shape index (κ2) is 6.34. The lowest BCUT2D eigenvalue weighted by Gasteiger charge is -2.27. The summed E-state index contributed by atoms with van der Waals surface area (Å²) in [5.41, 5.74) is 4.57. The predicted octanol–water partition coefficient (Wildman–Crippen LogP) is 5.37. The van der Waals surface area contributed by atoms with Gasteiger partial charge in [-0.2, -0.15) is 0 Å². The van der Waals surface area contributed by atoms with Gasteiger partial charge in [-0.15, -0.1) is 0 Å². The number of phenols is 1. The maximum atomic E-state index is 10.7. The van der Waals surface area contributed by atoms with Gasteiger partial charge in [0.2, 0.25) is 0 Å². The highest BCUT2D eigenvalue weighted by molar-refractivity contribution is 5.48. The Morgan fingerprint density at radius 2 is 1.71 bits per heavy atom. The second-order valence-electron chi connectivity index (χ2n) is 6.62. The second-order valence-corrected chi connectivity index (χ2v) is 6.62. The molecule has 0 saturated carbocycles. The van der Waals surface area contributed by atoms with E-state index in [-0.39, 0.29) is 5.41 Å². The Morgan fingerprint density at radius 3 is 2.33 bits per heavy atom. The van der Waals surface area contributed by atoms with Gasteiger partial charge in [-0.25, -0.2) is 0 Å². The average Bonchev–Trinajstić information content (AvgIpc) is 2.43. The molecule has 0 aromatic heterocycles. The minimum absolute atomic E-state index is 0.0102. The third-order valence-corrected chi connectivity index (χ3v) is 4.17. The SMILES string of the molecule is CCCC(C)(C)c1cc(C)cc(Cc2ccccc2)c1O. The summed E-state index contributed by atoms with van der Waals surface area (Å²) in [4.78, 5) is 0. The third kappa shape index (κ3) is 3.66. The van der Waals surface area contributed by atoms with Gasteiger partial charge in [0.25, 0.3) is 0 Å². The molecule has 0 spiro atoms. The summed E-state index contributed by atoms with van der Waals surface area (Å²) in [5, 5.41) is 10.7. The Balaban J connectivity index is 2.42. The lowest BCUT2D eigenvalue weighted by Crippen LogP contribution is -2.17. The molecular weight excluding hydrogens is 256 g/mol. The summed E-state index contributed by atoms with van der Waals surface area (Å²) >= 11 is 0. The van der Waals surface area contributed by atoms with Gasteiger partial charge in [0.1, 0.15) is 5.75 Å². The Morgan fingerprint density at radius 1 is 1.05 bits per heavy atom. The van der Waals surface area contributed by atoms with E-state index in [4.69, 9.17) is 0 Å². The summed E-state index contributed by atoms with van der Waals surface area (Å²) < 4.78 is 0. The lowest BCUT2D eigenvalue weighted by molar-refractivity contribution is 0.413. The van der Waals surface area contributed by atoms with Crippen LogP contribution in [0, 0.1) is 6.92 Å². The third-order valence-electron chi connectivity index (χ3n) is 4.17. The van der Waals surface area contributed by atoms with E-state index in [1.54, 1.807) is 0 Å². The maximum absolute atomic E-state index is 10.7. The van der Waals surface area contributed by atoms with Crippen LogP contribution in [-0.4, -0.2) is 5.11 Å². The fourth-order valence-electron chi connectivity index (χ4n) is 3.08. The summed E-state index contributed by atoms with van der Waals surface area (Å²) in [6.45, 7) is 8.74. The number of hydrogen-bond donors (Lipinski definition) is 1. The molecule has 0 unspecified atom stereocenters. The van der Waals surface area contributed by atoms with E-state index in [0.29, 0.717) is 5.75 Å². The van der Waals surface area contributed by atoms with E-state index in [1.807, 2.05) is 18.2 Å². The molecule has 0 radical (unpaired) electrons. The van der Waals surface area contributed by atoms with Crippen molar-refractivity contribution < 1.29 is 5.11 Å². The van der Waals surface area contributed by atoms with Crippen LogP contribution < -0.4 is 0 Å². The van der Waals surface area contributed by atoms with Crippen molar-refractivity contribution in [2.45, 2.75) is 52.4 Å². The first-order valence-electron chi connectivity index (χ1n) is 7.81. The summed E-state index contributed by atoms with van der Waals surface area (Å²) in [6, 6.07) is 14.6. The first kappa shape index (κ1) is 15.6. The Hall–Kier alpha value is -1.76. The summed E-state index contributed by atoms with van der Waals surface area (Å²) in [7, 11) is 0. The quantitative estimate of drug-likeness (QED) is 0.781. The van der Waals surface area contributed by atoms with Crippen molar-refractivity contribution in [3.63, 3.8) is 0 Å². The van der Waals surface area contributed by atoms with Crippen LogP contribution in [0.3, 0.4) is 0 Å². The van der Waals surface area contributed by atoms with E-state index in [9.17, 15) is 5.11 Å². The molecular formula is C20H26O. The first-order valence-corrected chi connectivity index (χ1v) is 7.81. The monoisotopic (exact) mass is 282 g/mol. The Labute approximate surface area is 128 Å². The molecule has 2 aromatic rings. The average molecular weight is 282 g/mol. The van der Waals surface area contributed by atoms with Crippen LogP contribution in [-0.2, 0) is 11.8 Å². The molecule has 0 bridgehead atoms. The molecule has 2 rings (SSSR count). The number of aryl methyl sites for hydroxylation is 1. The minimum Gasteiger partial charge on any atom is -0.507 e. The fourth-order valence-corrected chi connectivity index (χ4v) is 3.08. The van der Waals surface area contributed by atoms with Crippen LogP contribution in [0.4, 0.5) is 0 Å². The number of aromatic hydroxyl groups is 1. The topological polar surface area (TPSA) is 20.2 Å². The highest BCUT2D eigenvalue weighted by Gasteiger charge is 2.24. The van der Waals surface area contributed by atoms with Crippen molar-refractivity contribution in [1.82, 2.24) is 0 Å². The van der Waals surface area contributed by atoms with E-state index < -0.39 is 0 Å². The molecule has 2 aromatic carbocycles. The van der Waals surface area contributed by atoms with E-state index in [0.717, 1.165) is 30.4 Å². The first-order chi connectivity index (χ1) is 9.94. The van der Waals surface area contributed by atoms with Gasteiger partial charge in [-0.1, -0.05) is 75.2 Å². The maximum Gasteiger partial charge on any atom is 0.122 e. The van der Waals surface area contributed by atoms with Gasteiger partial charge in [0.15, 0.2) is 0 Å². The summed E-state index contributed by atoms with van der Waals surface area (Å²) in [6.07, 6.45) is 2.98. The molecule has 1 nitrogen and oxygen atoms in total. The Kier molecular flexibility index (Phi) is 4.72. The summed E-state index contributed by atoms with van der Waals surface area (Å²) in [5.74, 6) is 0.475. The predicted molar refractivity (Wildman–Crippen MR) is 90.0 cm³/mol. The van der Waals surface area contributed by atoms with Crippen LogP contribution in [0.5, 0.6) is 5.75 Å². The molecule has 0 fully saturated rings. The van der Waals surface area contributed by atoms with Gasteiger partial charge in [-0.05, 0) is 29.9 Å². The van der Waals surface area contributed by atoms with Gasteiger partial charge in [0.05, 0.1) is 0 Å². The molecule has 0 aliphatic heterocycles. The molecule has 1 heteroatoms. The van der Waals surface area contributed by atoms with Gasteiger partial charge >= 0.3 is 0 Å². The van der Waals surface area contributed by atoms with Gasteiger partial charge in [0, 0.05) is 12.0 Å². The molecule has 1 N–H and O–H groups in total. The zero-order valence-electron chi connectivity index (χ0n) is 13.6. The standard InChI is InChI=1S/C20H26O/c1-5-11-20(3,4)18-13-15(2)12-17(19(18)21)14-16-9-7-6-8-10-16/h6-10,12-13,21H,5,11,14H2,1-4H3. The lowest BCUT2D eigenvalue weighted by atomic mass is 9.78. The molecule has 21 heavy (non-hydrogen) atoms. The van der Waals surface area contributed by atoms with Crippen molar-refractivity contribution in [3.8, 4) is 5.75 Å². The highest BCUT2D eigenvalue weighted by Crippen LogP contribution is 2.38. The van der Waals surface area contributed by atoms with E-state index in [2.05, 4.69) is 52.0 Å². The van der Waals surface area contributed by atoms with Gasteiger partial charge in [-0.3, -0.25) is 0 Å². The van der Waals surface area contributed by atoms with Crippen molar-refractivity contribution >= 4 is 0 Å². The number of benzene rings is 2. The minimum atomic E-state index is 0.0102. The molecule has 0 aliphatic rings. The van der Waals surface area contributed by atoms with Crippen LogP contribution in [0.2, 0.25) is 0 Å². The molecule has 0 saturated heterocycles. The van der Waals surface area contributed by atoms with Crippen LogP contribution in [0.1, 0.15) is 55.9 Å². The van der Waals surface area contributed by atoms with Crippen molar-refractivity contribution in [1.29, 1.82) is 0 Å². The van der Waals surface area contributed by atoms with E-state index >= 15 is 0 Å². The normalized spacial score (nSPS) is 11.6. The molecule has 0 amide bonds. The Bertz CT molecular complexity index is 597.